The van der Waals surface area contributed by atoms with Gasteiger partial charge in [-0.2, -0.15) is 0 Å². The lowest BCUT2D eigenvalue weighted by molar-refractivity contribution is 0.100. The van der Waals surface area contributed by atoms with E-state index in [9.17, 15) is 4.79 Å². The second kappa shape index (κ2) is 6.06. The summed E-state index contributed by atoms with van der Waals surface area (Å²) in [6.07, 6.45) is 4.39. The van der Waals surface area contributed by atoms with Gasteiger partial charge < -0.3 is 16.4 Å². The molecule has 1 heterocycles. The van der Waals surface area contributed by atoms with Crippen LogP contribution in [-0.4, -0.2) is 24.5 Å². The van der Waals surface area contributed by atoms with Gasteiger partial charge in [0.05, 0.1) is 11.3 Å². The highest BCUT2D eigenvalue weighted by molar-refractivity contribution is 5.99. The van der Waals surface area contributed by atoms with Gasteiger partial charge in [0.1, 0.15) is 0 Å². The molecule has 1 aromatic carbocycles. The van der Waals surface area contributed by atoms with Crippen LogP contribution < -0.4 is 16.4 Å². The van der Waals surface area contributed by atoms with E-state index in [4.69, 9.17) is 11.5 Å². The van der Waals surface area contributed by atoms with E-state index in [1.54, 1.807) is 30.6 Å². The third-order valence-electron chi connectivity index (χ3n) is 3.18. The zero-order valence-electron chi connectivity index (χ0n) is 11.4. The Labute approximate surface area is 118 Å². The maximum Gasteiger partial charge on any atom is 0.250 e. The van der Waals surface area contributed by atoms with Crippen molar-refractivity contribution in [1.29, 1.82) is 0 Å². The van der Waals surface area contributed by atoms with Crippen LogP contribution in [0.25, 0.3) is 0 Å². The highest BCUT2D eigenvalue weighted by atomic mass is 16.1. The van der Waals surface area contributed by atoms with E-state index in [1.165, 1.54) is 5.56 Å². The summed E-state index contributed by atoms with van der Waals surface area (Å²) in [6, 6.07) is 9.06. The fourth-order valence-electron chi connectivity index (χ4n) is 2.04. The molecule has 0 aliphatic carbocycles. The smallest absolute Gasteiger partial charge is 0.250 e. The van der Waals surface area contributed by atoms with Gasteiger partial charge in [-0.05, 0) is 42.3 Å². The van der Waals surface area contributed by atoms with Gasteiger partial charge in [-0.25, -0.2) is 0 Å². The summed E-state index contributed by atoms with van der Waals surface area (Å²) in [4.78, 5) is 17.4. The number of carbonyl (C=O) groups is 1. The van der Waals surface area contributed by atoms with E-state index in [-0.39, 0.29) is 0 Å². The standard InChI is InChI=1S/C15H18N4O/c1-19(9-6-11-4-7-18-8-5-11)14-10-12(16)2-3-13(14)15(17)20/h2-5,7-8,10H,6,9,16H2,1H3,(H2,17,20). The SMILES string of the molecule is CN(CCc1ccncc1)c1cc(N)ccc1C(N)=O. The highest BCUT2D eigenvalue weighted by Crippen LogP contribution is 2.22. The average Bonchev–Trinajstić information content (AvgIpc) is 2.45. The van der Waals surface area contributed by atoms with Crippen LogP contribution in [0, 0.1) is 0 Å². The summed E-state index contributed by atoms with van der Waals surface area (Å²) < 4.78 is 0. The molecule has 5 nitrogen and oxygen atoms in total. The van der Waals surface area contributed by atoms with E-state index in [0.717, 1.165) is 18.7 Å². The Morgan fingerprint density at radius 2 is 1.95 bits per heavy atom. The zero-order valence-corrected chi connectivity index (χ0v) is 11.4. The van der Waals surface area contributed by atoms with Gasteiger partial charge in [-0.15, -0.1) is 0 Å². The number of carbonyl (C=O) groups excluding carboxylic acids is 1. The normalized spacial score (nSPS) is 10.2. The molecule has 0 unspecified atom stereocenters. The van der Waals surface area contributed by atoms with E-state index < -0.39 is 5.91 Å². The molecule has 0 radical (unpaired) electrons. The molecule has 5 heteroatoms. The number of primary amides is 1. The lowest BCUT2D eigenvalue weighted by Gasteiger charge is -2.22. The number of nitrogens with zero attached hydrogens (tertiary/aromatic N) is 2. The molecule has 0 aliphatic heterocycles. The van der Waals surface area contributed by atoms with Crippen molar-refractivity contribution in [2.24, 2.45) is 5.73 Å². The number of hydrogen-bond donors (Lipinski definition) is 2. The molecule has 0 atom stereocenters. The minimum atomic E-state index is -0.448. The Morgan fingerprint density at radius 3 is 2.60 bits per heavy atom. The van der Waals surface area contributed by atoms with Gasteiger partial charge in [0.15, 0.2) is 0 Å². The van der Waals surface area contributed by atoms with Crippen LogP contribution in [0.3, 0.4) is 0 Å². The summed E-state index contributed by atoms with van der Waals surface area (Å²) in [7, 11) is 1.92. The number of hydrogen-bond acceptors (Lipinski definition) is 4. The number of nitrogens with two attached hydrogens (primary N) is 2. The molecule has 20 heavy (non-hydrogen) atoms. The van der Waals surface area contributed by atoms with Crippen LogP contribution in [0.2, 0.25) is 0 Å². The van der Waals surface area contributed by atoms with Crippen molar-refractivity contribution >= 4 is 17.3 Å². The highest BCUT2D eigenvalue weighted by Gasteiger charge is 2.12. The minimum absolute atomic E-state index is 0.448. The first-order valence-electron chi connectivity index (χ1n) is 6.37. The number of rotatable bonds is 5. The monoisotopic (exact) mass is 270 g/mol. The Bertz CT molecular complexity index is 598. The van der Waals surface area contributed by atoms with E-state index in [1.807, 2.05) is 24.1 Å². The second-order valence-corrected chi connectivity index (χ2v) is 4.67. The van der Waals surface area contributed by atoms with Crippen LogP contribution in [0.5, 0.6) is 0 Å². The number of amides is 1. The fourth-order valence-corrected chi connectivity index (χ4v) is 2.04. The predicted molar refractivity (Wildman–Crippen MR) is 80.6 cm³/mol. The van der Waals surface area contributed by atoms with Gasteiger partial charge in [-0.1, -0.05) is 0 Å². The first-order valence-corrected chi connectivity index (χ1v) is 6.37. The lowest BCUT2D eigenvalue weighted by atomic mass is 10.1. The van der Waals surface area contributed by atoms with E-state index >= 15 is 0 Å². The molecule has 104 valence electrons. The summed E-state index contributed by atoms with van der Waals surface area (Å²) in [6.45, 7) is 0.758. The quantitative estimate of drug-likeness (QED) is 0.805. The van der Waals surface area contributed by atoms with E-state index in [0.29, 0.717) is 11.3 Å². The van der Waals surface area contributed by atoms with Gasteiger partial charge in [0, 0.05) is 31.7 Å². The largest absolute Gasteiger partial charge is 0.399 e. The summed E-state index contributed by atoms with van der Waals surface area (Å²) in [5.74, 6) is -0.448. The van der Waals surface area contributed by atoms with Gasteiger partial charge in [0.2, 0.25) is 0 Å². The Balaban J connectivity index is 2.14. The molecule has 0 fully saturated rings. The molecular formula is C15H18N4O. The van der Waals surface area contributed by atoms with Crippen molar-refractivity contribution in [1.82, 2.24) is 4.98 Å². The third kappa shape index (κ3) is 3.26. The van der Waals surface area contributed by atoms with Crippen LogP contribution in [0.4, 0.5) is 11.4 Å². The lowest BCUT2D eigenvalue weighted by Crippen LogP contribution is -2.24. The minimum Gasteiger partial charge on any atom is -0.399 e. The molecule has 0 bridgehead atoms. The number of benzene rings is 1. The fraction of sp³-hybridized carbons (Fsp3) is 0.200. The van der Waals surface area contributed by atoms with Crippen molar-refractivity contribution in [3.05, 3.63) is 53.9 Å². The summed E-state index contributed by atoms with van der Waals surface area (Å²) in [5, 5.41) is 0. The number of aromatic nitrogens is 1. The third-order valence-corrected chi connectivity index (χ3v) is 3.18. The zero-order chi connectivity index (χ0) is 14.5. The van der Waals surface area contributed by atoms with Crippen molar-refractivity contribution in [2.45, 2.75) is 6.42 Å². The number of nitrogen functional groups attached to an aromatic ring is 1. The van der Waals surface area contributed by atoms with Gasteiger partial charge >= 0.3 is 0 Å². The molecule has 1 aromatic heterocycles. The number of likely N-dealkylation sites (N-methyl/N-ethyl adjacent to an activating group) is 1. The van der Waals surface area contributed by atoms with Gasteiger partial charge in [0.25, 0.3) is 5.91 Å². The molecular weight excluding hydrogens is 252 g/mol. The van der Waals surface area contributed by atoms with Crippen molar-refractivity contribution in [2.75, 3.05) is 24.2 Å². The maximum atomic E-state index is 11.5. The number of pyridine rings is 1. The Hall–Kier alpha value is -2.56. The topological polar surface area (TPSA) is 85.2 Å². The summed E-state index contributed by atoms with van der Waals surface area (Å²) >= 11 is 0. The molecule has 0 saturated heterocycles. The molecule has 1 amide bonds. The molecule has 0 spiro atoms. The molecule has 0 aliphatic rings. The van der Waals surface area contributed by atoms with Crippen LogP contribution in [-0.2, 0) is 6.42 Å². The molecule has 2 aromatic rings. The van der Waals surface area contributed by atoms with Crippen LogP contribution in [0.15, 0.2) is 42.7 Å². The van der Waals surface area contributed by atoms with Crippen LogP contribution >= 0.6 is 0 Å². The van der Waals surface area contributed by atoms with Crippen molar-refractivity contribution in [3.8, 4) is 0 Å². The van der Waals surface area contributed by atoms with Crippen molar-refractivity contribution < 1.29 is 4.79 Å². The van der Waals surface area contributed by atoms with Crippen LogP contribution in [0.1, 0.15) is 15.9 Å². The maximum absolute atomic E-state index is 11.5. The Kier molecular flexibility index (Phi) is 4.20. The first-order chi connectivity index (χ1) is 9.58. The Morgan fingerprint density at radius 1 is 1.25 bits per heavy atom. The van der Waals surface area contributed by atoms with Crippen molar-refractivity contribution in [3.63, 3.8) is 0 Å². The summed E-state index contributed by atoms with van der Waals surface area (Å²) in [5.41, 5.74) is 14.2. The predicted octanol–water partition coefficient (Wildman–Crippen LogP) is 1.44. The van der Waals surface area contributed by atoms with E-state index in [2.05, 4.69) is 4.98 Å². The van der Waals surface area contributed by atoms with Gasteiger partial charge in [-0.3, -0.25) is 9.78 Å². The molecule has 4 N–H and O–H groups in total. The number of anilines is 2. The second-order valence-electron chi connectivity index (χ2n) is 4.67. The average molecular weight is 270 g/mol. The first kappa shape index (κ1) is 13.9. The molecule has 0 saturated carbocycles. The molecule has 2 rings (SSSR count).